The average Bonchev–Trinajstić information content (AvgIpc) is 3.40. The number of aliphatic hydroxyl groups is 1. The first-order valence-corrected chi connectivity index (χ1v) is 11.6. The maximum atomic E-state index is 13.5. The van der Waals surface area contributed by atoms with Gasteiger partial charge in [0.05, 0.1) is 24.8 Å². The Hall–Kier alpha value is -4.07. The Morgan fingerprint density at radius 3 is 2.51 bits per heavy atom. The number of hydrogen-bond donors (Lipinski definition) is 1. The Labute approximate surface area is 203 Å². The van der Waals surface area contributed by atoms with Crippen molar-refractivity contribution in [1.29, 1.82) is 0 Å². The third-order valence-corrected chi connectivity index (χ3v) is 5.66. The molecule has 1 amide bonds. The minimum absolute atomic E-state index is 0.0388. The number of aliphatic hydroxyl groups excluding tert-OH is 1. The summed E-state index contributed by atoms with van der Waals surface area (Å²) in [4.78, 5) is 32.2. The van der Waals surface area contributed by atoms with Crippen molar-refractivity contribution in [1.82, 2.24) is 9.88 Å². The Morgan fingerprint density at radius 1 is 1.09 bits per heavy atom. The van der Waals surface area contributed by atoms with Crippen LogP contribution in [0.5, 0.6) is 11.5 Å². The number of rotatable bonds is 10. The summed E-state index contributed by atoms with van der Waals surface area (Å²) < 4.78 is 17.1. The van der Waals surface area contributed by atoms with Crippen LogP contribution in [0.25, 0.3) is 0 Å². The number of hydrogen-bond acceptors (Lipinski definition) is 7. The molecule has 8 nitrogen and oxygen atoms in total. The van der Waals surface area contributed by atoms with Crippen LogP contribution in [0.2, 0.25) is 0 Å². The molecule has 3 heterocycles. The number of ether oxygens (including phenoxy) is 2. The van der Waals surface area contributed by atoms with E-state index in [4.69, 9.17) is 13.9 Å². The molecule has 0 aliphatic carbocycles. The lowest BCUT2D eigenvalue weighted by Crippen LogP contribution is -2.30. The van der Waals surface area contributed by atoms with Gasteiger partial charge in [0.25, 0.3) is 5.91 Å². The number of furan rings is 1. The fraction of sp³-hybridized carbons (Fsp3) is 0.296. The summed E-state index contributed by atoms with van der Waals surface area (Å²) in [5, 5.41) is 10.9. The highest BCUT2D eigenvalue weighted by molar-refractivity contribution is 6.15. The predicted octanol–water partition coefficient (Wildman–Crippen LogP) is 4.95. The third-order valence-electron chi connectivity index (χ3n) is 5.66. The van der Waals surface area contributed by atoms with E-state index in [2.05, 4.69) is 4.98 Å². The zero-order chi connectivity index (χ0) is 24.9. The van der Waals surface area contributed by atoms with E-state index in [9.17, 15) is 14.7 Å². The van der Waals surface area contributed by atoms with Crippen LogP contribution < -0.4 is 9.47 Å². The Kier molecular flexibility index (Phi) is 7.19. The van der Waals surface area contributed by atoms with Gasteiger partial charge in [-0.2, -0.15) is 0 Å². The van der Waals surface area contributed by atoms with Crippen molar-refractivity contribution in [2.75, 3.05) is 13.2 Å². The second-order valence-electron chi connectivity index (χ2n) is 8.18. The normalized spacial score (nSPS) is 15.6. The summed E-state index contributed by atoms with van der Waals surface area (Å²) in [5.74, 6) is -0.0860. The zero-order valence-corrected chi connectivity index (χ0v) is 20.0. The molecule has 1 aliphatic heterocycles. The highest BCUT2D eigenvalue weighted by Crippen LogP contribution is 2.42. The van der Waals surface area contributed by atoms with Gasteiger partial charge >= 0.3 is 0 Å². The van der Waals surface area contributed by atoms with Crippen molar-refractivity contribution in [3.8, 4) is 11.5 Å². The van der Waals surface area contributed by atoms with Gasteiger partial charge in [0, 0.05) is 18.9 Å². The molecule has 1 aromatic carbocycles. The second-order valence-corrected chi connectivity index (χ2v) is 8.18. The highest BCUT2D eigenvalue weighted by Gasteiger charge is 2.44. The van der Waals surface area contributed by atoms with E-state index in [1.54, 1.807) is 55.7 Å². The number of carbonyl (C=O) groups is 2. The molecular weight excluding hydrogens is 448 g/mol. The molecule has 1 aliphatic rings. The number of benzene rings is 1. The standard InChI is InChI=1S/C27H28N2O6/c1-4-14-34-20-9-7-19(15-22(20)33-5-2)24-23(25(30)21-8-6-17(3)35-21)26(31)27(32)29(24)16-18-10-12-28-13-11-18/h6-13,15,24,31H,4-5,14,16H2,1-3H3. The average molecular weight is 477 g/mol. The van der Waals surface area contributed by atoms with Crippen LogP contribution in [0.1, 0.15) is 53.8 Å². The van der Waals surface area contributed by atoms with Gasteiger partial charge in [0.1, 0.15) is 5.76 Å². The van der Waals surface area contributed by atoms with Crippen LogP contribution in [0, 0.1) is 6.92 Å². The van der Waals surface area contributed by atoms with Gasteiger partial charge in [-0.05, 0) is 67.8 Å². The first-order valence-electron chi connectivity index (χ1n) is 11.6. The van der Waals surface area contributed by atoms with Gasteiger partial charge in [-0.15, -0.1) is 0 Å². The fourth-order valence-corrected chi connectivity index (χ4v) is 4.06. The molecular formula is C27H28N2O6. The number of amides is 1. The van der Waals surface area contributed by atoms with Gasteiger partial charge in [0.15, 0.2) is 23.0 Å². The number of aromatic nitrogens is 1. The van der Waals surface area contributed by atoms with E-state index >= 15 is 0 Å². The van der Waals surface area contributed by atoms with Gasteiger partial charge in [0.2, 0.25) is 5.78 Å². The van der Waals surface area contributed by atoms with E-state index < -0.39 is 23.5 Å². The fourth-order valence-electron chi connectivity index (χ4n) is 4.06. The summed E-state index contributed by atoms with van der Waals surface area (Å²) in [7, 11) is 0. The summed E-state index contributed by atoms with van der Waals surface area (Å²) in [6, 6.07) is 11.2. The van der Waals surface area contributed by atoms with E-state index in [-0.39, 0.29) is 17.9 Å². The lowest BCUT2D eigenvalue weighted by Gasteiger charge is -2.27. The maximum absolute atomic E-state index is 13.5. The molecule has 35 heavy (non-hydrogen) atoms. The molecule has 0 radical (unpaired) electrons. The van der Waals surface area contributed by atoms with Gasteiger partial charge in [-0.1, -0.05) is 13.0 Å². The SMILES string of the molecule is CCCOc1ccc(C2C(C(=O)c3ccc(C)o3)=C(O)C(=O)N2Cc2ccncc2)cc1OCC. The number of pyridine rings is 1. The molecule has 8 heteroatoms. The van der Waals surface area contributed by atoms with Crippen molar-refractivity contribution in [3.63, 3.8) is 0 Å². The Balaban J connectivity index is 1.80. The summed E-state index contributed by atoms with van der Waals surface area (Å²) in [6.07, 6.45) is 4.09. The monoisotopic (exact) mass is 476 g/mol. The first-order chi connectivity index (χ1) is 16.9. The Bertz CT molecular complexity index is 1250. The summed E-state index contributed by atoms with van der Waals surface area (Å²) in [6.45, 7) is 6.71. The van der Waals surface area contributed by atoms with Crippen molar-refractivity contribution in [2.24, 2.45) is 0 Å². The van der Waals surface area contributed by atoms with Crippen LogP contribution in [0.3, 0.4) is 0 Å². The molecule has 0 fully saturated rings. The van der Waals surface area contributed by atoms with E-state index in [1.165, 1.54) is 11.0 Å². The highest BCUT2D eigenvalue weighted by atomic mass is 16.5. The quantitative estimate of drug-likeness (QED) is 0.413. The topological polar surface area (TPSA) is 102 Å². The minimum atomic E-state index is -0.854. The number of aryl methyl sites for hydroxylation is 1. The molecule has 3 aromatic rings. The third kappa shape index (κ3) is 4.91. The molecule has 1 atom stereocenters. The lowest BCUT2D eigenvalue weighted by molar-refractivity contribution is -0.130. The van der Waals surface area contributed by atoms with Crippen molar-refractivity contribution >= 4 is 11.7 Å². The van der Waals surface area contributed by atoms with Gasteiger partial charge < -0.3 is 23.9 Å². The zero-order valence-electron chi connectivity index (χ0n) is 20.0. The predicted molar refractivity (Wildman–Crippen MR) is 128 cm³/mol. The molecule has 1 N–H and O–H groups in total. The lowest BCUT2D eigenvalue weighted by atomic mass is 9.94. The van der Waals surface area contributed by atoms with Gasteiger partial charge in [-0.3, -0.25) is 14.6 Å². The van der Waals surface area contributed by atoms with Crippen molar-refractivity contribution in [3.05, 3.63) is 88.8 Å². The Morgan fingerprint density at radius 2 is 1.86 bits per heavy atom. The van der Waals surface area contributed by atoms with Crippen LogP contribution in [0.4, 0.5) is 0 Å². The molecule has 4 rings (SSSR count). The minimum Gasteiger partial charge on any atom is -0.503 e. The molecule has 182 valence electrons. The summed E-state index contributed by atoms with van der Waals surface area (Å²) >= 11 is 0. The molecule has 1 unspecified atom stereocenters. The number of carbonyl (C=O) groups excluding carboxylic acids is 2. The molecule has 0 bridgehead atoms. The van der Waals surface area contributed by atoms with E-state index in [0.717, 1.165) is 12.0 Å². The molecule has 2 aromatic heterocycles. The molecule has 0 saturated heterocycles. The van der Waals surface area contributed by atoms with Crippen LogP contribution in [-0.4, -0.2) is 39.9 Å². The van der Waals surface area contributed by atoms with Crippen molar-refractivity contribution < 1.29 is 28.6 Å². The first kappa shape index (κ1) is 24.1. The van der Waals surface area contributed by atoms with E-state index in [1.807, 2.05) is 13.8 Å². The maximum Gasteiger partial charge on any atom is 0.290 e. The molecule has 0 saturated carbocycles. The summed E-state index contributed by atoms with van der Waals surface area (Å²) in [5.41, 5.74) is 1.38. The van der Waals surface area contributed by atoms with Crippen molar-refractivity contribution in [2.45, 2.75) is 39.8 Å². The number of Topliss-reactive ketones (excluding diaryl/α,β-unsaturated/α-hetero) is 1. The number of ketones is 1. The smallest absolute Gasteiger partial charge is 0.290 e. The van der Waals surface area contributed by atoms with Crippen LogP contribution in [-0.2, 0) is 11.3 Å². The second kappa shape index (κ2) is 10.5. The van der Waals surface area contributed by atoms with Gasteiger partial charge in [-0.25, -0.2) is 0 Å². The van der Waals surface area contributed by atoms with E-state index in [0.29, 0.717) is 36.0 Å². The molecule has 0 spiro atoms. The number of nitrogens with zero attached hydrogens (tertiary/aromatic N) is 2. The van der Waals surface area contributed by atoms with Crippen LogP contribution in [0.15, 0.2) is 70.6 Å². The largest absolute Gasteiger partial charge is 0.503 e. The van der Waals surface area contributed by atoms with Crippen LogP contribution >= 0.6 is 0 Å².